The number of halogens is 1. The number of nitrogens with one attached hydrogen (secondary N) is 2. The summed E-state index contributed by atoms with van der Waals surface area (Å²) < 4.78 is 0. The van der Waals surface area contributed by atoms with Crippen molar-refractivity contribution in [2.45, 2.75) is 65.6 Å². The van der Waals surface area contributed by atoms with Crippen molar-refractivity contribution in [2.75, 3.05) is 19.6 Å². The summed E-state index contributed by atoms with van der Waals surface area (Å²) in [5, 5.41) is 7.03. The van der Waals surface area contributed by atoms with Gasteiger partial charge in [0.15, 0.2) is 5.96 Å². The molecule has 2 rings (SSSR count). The monoisotopic (exact) mass is 458 g/mol. The molecule has 1 fully saturated rings. The van der Waals surface area contributed by atoms with Crippen LogP contribution in [0.15, 0.2) is 29.3 Å². The molecule has 0 aromatic heterocycles. The van der Waals surface area contributed by atoms with Crippen LogP contribution in [0.1, 0.15) is 51.7 Å². The van der Waals surface area contributed by atoms with Crippen molar-refractivity contribution in [3.63, 3.8) is 0 Å². The van der Waals surface area contributed by atoms with Gasteiger partial charge >= 0.3 is 0 Å². The molecular weight excluding hydrogens is 423 g/mol. The number of benzene rings is 1. The average Bonchev–Trinajstić information content (AvgIpc) is 2.60. The minimum Gasteiger partial charge on any atom is -0.357 e. The molecule has 142 valence electrons. The minimum absolute atomic E-state index is 0. The van der Waals surface area contributed by atoms with E-state index in [1.807, 2.05) is 0 Å². The van der Waals surface area contributed by atoms with Crippen LogP contribution >= 0.6 is 24.0 Å². The molecule has 2 N–H and O–H groups in total. The van der Waals surface area contributed by atoms with Crippen LogP contribution in [0.3, 0.4) is 0 Å². The van der Waals surface area contributed by atoms with Crippen LogP contribution in [0, 0.1) is 0 Å². The Hall–Kier alpha value is -0.820. The van der Waals surface area contributed by atoms with Crippen molar-refractivity contribution in [2.24, 2.45) is 4.99 Å². The molecular formula is C20H35IN4. The van der Waals surface area contributed by atoms with E-state index in [4.69, 9.17) is 4.99 Å². The maximum atomic E-state index is 4.82. The number of aryl methyl sites for hydroxylation is 1. The first-order valence-electron chi connectivity index (χ1n) is 9.49. The molecule has 0 unspecified atom stereocenters. The van der Waals surface area contributed by atoms with Gasteiger partial charge in [-0.25, -0.2) is 4.99 Å². The van der Waals surface area contributed by atoms with Crippen molar-refractivity contribution in [1.82, 2.24) is 15.5 Å². The van der Waals surface area contributed by atoms with Crippen LogP contribution in [0.25, 0.3) is 0 Å². The van der Waals surface area contributed by atoms with Crippen molar-refractivity contribution in [3.8, 4) is 0 Å². The van der Waals surface area contributed by atoms with Gasteiger partial charge in [0.05, 0.1) is 6.54 Å². The van der Waals surface area contributed by atoms with Crippen LogP contribution in [-0.4, -0.2) is 42.6 Å². The molecule has 1 saturated heterocycles. The Labute approximate surface area is 170 Å². The topological polar surface area (TPSA) is 39.7 Å². The maximum Gasteiger partial charge on any atom is 0.191 e. The average molecular weight is 458 g/mol. The van der Waals surface area contributed by atoms with E-state index < -0.39 is 0 Å². The zero-order valence-corrected chi connectivity index (χ0v) is 18.5. The first-order chi connectivity index (χ1) is 11.6. The lowest BCUT2D eigenvalue weighted by Gasteiger charge is -2.35. The van der Waals surface area contributed by atoms with E-state index in [1.54, 1.807) is 0 Å². The Bertz CT molecular complexity index is 522. The van der Waals surface area contributed by atoms with Gasteiger partial charge in [0.25, 0.3) is 0 Å². The van der Waals surface area contributed by atoms with E-state index in [9.17, 15) is 0 Å². The van der Waals surface area contributed by atoms with E-state index >= 15 is 0 Å². The van der Waals surface area contributed by atoms with Crippen molar-refractivity contribution in [3.05, 3.63) is 35.4 Å². The van der Waals surface area contributed by atoms with Gasteiger partial charge in [0.2, 0.25) is 0 Å². The van der Waals surface area contributed by atoms with Crippen LogP contribution in [-0.2, 0) is 13.0 Å². The highest BCUT2D eigenvalue weighted by molar-refractivity contribution is 14.0. The molecule has 1 aromatic rings. The van der Waals surface area contributed by atoms with E-state index in [-0.39, 0.29) is 24.0 Å². The SMILES string of the molecule is CCNC(=NCc1ccccc1CC)NC1CCN(C(C)C)CC1.I. The Kier molecular flexibility index (Phi) is 10.4. The summed E-state index contributed by atoms with van der Waals surface area (Å²) in [5.41, 5.74) is 2.72. The normalized spacial score (nSPS) is 16.6. The lowest BCUT2D eigenvalue weighted by molar-refractivity contribution is 0.167. The van der Waals surface area contributed by atoms with Crippen LogP contribution in [0.5, 0.6) is 0 Å². The molecule has 0 saturated carbocycles. The molecule has 25 heavy (non-hydrogen) atoms. The molecule has 0 atom stereocenters. The Balaban J connectivity index is 0.00000312. The zero-order valence-electron chi connectivity index (χ0n) is 16.2. The van der Waals surface area contributed by atoms with Gasteiger partial charge < -0.3 is 15.5 Å². The fraction of sp³-hybridized carbons (Fsp3) is 0.650. The van der Waals surface area contributed by atoms with Gasteiger partial charge in [0, 0.05) is 31.7 Å². The van der Waals surface area contributed by atoms with E-state index in [0.717, 1.165) is 25.5 Å². The van der Waals surface area contributed by atoms with Crippen molar-refractivity contribution in [1.29, 1.82) is 0 Å². The summed E-state index contributed by atoms with van der Waals surface area (Å²) in [6.45, 7) is 12.9. The summed E-state index contributed by atoms with van der Waals surface area (Å²) in [4.78, 5) is 7.38. The van der Waals surface area contributed by atoms with Gasteiger partial charge in [-0.05, 0) is 51.2 Å². The first-order valence-corrected chi connectivity index (χ1v) is 9.49. The highest BCUT2D eigenvalue weighted by Crippen LogP contribution is 2.13. The molecule has 0 radical (unpaired) electrons. The molecule has 4 nitrogen and oxygen atoms in total. The number of hydrogen-bond donors (Lipinski definition) is 2. The second-order valence-corrected chi connectivity index (χ2v) is 6.87. The number of hydrogen-bond acceptors (Lipinski definition) is 2. The standard InChI is InChI=1S/C20H34N4.HI/c1-5-17-9-7-8-10-18(17)15-22-20(21-6-2)23-19-11-13-24(14-12-19)16(3)4;/h7-10,16,19H,5-6,11-15H2,1-4H3,(H2,21,22,23);1H. The minimum atomic E-state index is 0. The third kappa shape index (κ3) is 7.13. The molecule has 1 aliphatic heterocycles. The summed E-state index contributed by atoms with van der Waals surface area (Å²) in [5.74, 6) is 0.950. The number of likely N-dealkylation sites (tertiary alicyclic amines) is 1. The van der Waals surface area contributed by atoms with E-state index in [1.165, 1.54) is 37.1 Å². The van der Waals surface area contributed by atoms with Gasteiger partial charge in [-0.1, -0.05) is 31.2 Å². The Morgan fingerprint density at radius 3 is 2.36 bits per heavy atom. The van der Waals surface area contributed by atoms with E-state index in [2.05, 4.69) is 67.5 Å². The Morgan fingerprint density at radius 1 is 1.16 bits per heavy atom. The molecule has 1 aromatic carbocycles. The third-order valence-electron chi connectivity index (χ3n) is 4.85. The molecule has 0 spiro atoms. The predicted molar refractivity (Wildman–Crippen MR) is 119 cm³/mol. The summed E-state index contributed by atoms with van der Waals surface area (Å²) in [6.07, 6.45) is 3.44. The van der Waals surface area contributed by atoms with Crippen LogP contribution in [0.2, 0.25) is 0 Å². The number of aliphatic imine (C=N–C) groups is 1. The second-order valence-electron chi connectivity index (χ2n) is 6.87. The quantitative estimate of drug-likeness (QED) is 0.387. The van der Waals surface area contributed by atoms with Gasteiger partial charge in [0.1, 0.15) is 0 Å². The fourth-order valence-electron chi connectivity index (χ4n) is 3.29. The summed E-state index contributed by atoms with van der Waals surface area (Å²) >= 11 is 0. The smallest absolute Gasteiger partial charge is 0.191 e. The zero-order chi connectivity index (χ0) is 17.4. The Morgan fingerprint density at radius 2 is 1.80 bits per heavy atom. The molecule has 5 heteroatoms. The molecule has 0 aliphatic carbocycles. The van der Waals surface area contributed by atoms with Gasteiger partial charge in [-0.2, -0.15) is 0 Å². The van der Waals surface area contributed by atoms with Gasteiger partial charge in [-0.15, -0.1) is 24.0 Å². The number of nitrogens with zero attached hydrogens (tertiary/aromatic N) is 2. The van der Waals surface area contributed by atoms with Crippen LogP contribution in [0.4, 0.5) is 0 Å². The number of piperidine rings is 1. The summed E-state index contributed by atoms with van der Waals surface area (Å²) in [6, 6.07) is 9.78. The first kappa shape index (κ1) is 22.2. The van der Waals surface area contributed by atoms with Crippen molar-refractivity contribution < 1.29 is 0 Å². The number of rotatable bonds is 6. The number of guanidine groups is 1. The van der Waals surface area contributed by atoms with Gasteiger partial charge in [-0.3, -0.25) is 0 Å². The largest absolute Gasteiger partial charge is 0.357 e. The highest BCUT2D eigenvalue weighted by Gasteiger charge is 2.21. The lowest BCUT2D eigenvalue weighted by Crippen LogP contribution is -2.49. The van der Waals surface area contributed by atoms with E-state index in [0.29, 0.717) is 12.1 Å². The molecule has 0 amide bonds. The maximum absolute atomic E-state index is 4.82. The lowest BCUT2D eigenvalue weighted by atomic mass is 10.0. The molecule has 1 heterocycles. The molecule has 1 aliphatic rings. The summed E-state index contributed by atoms with van der Waals surface area (Å²) in [7, 11) is 0. The van der Waals surface area contributed by atoms with Crippen LogP contribution < -0.4 is 10.6 Å². The van der Waals surface area contributed by atoms with Crippen molar-refractivity contribution >= 4 is 29.9 Å². The predicted octanol–water partition coefficient (Wildman–Crippen LogP) is 3.79. The highest BCUT2D eigenvalue weighted by atomic mass is 127. The second kappa shape index (κ2) is 11.7. The molecule has 0 bridgehead atoms. The third-order valence-corrected chi connectivity index (χ3v) is 4.85. The fourth-order valence-corrected chi connectivity index (χ4v) is 3.29.